The molecule has 2 rings (SSSR count). The normalized spacial score (nSPS) is 10.6. The second-order valence-electron chi connectivity index (χ2n) is 4.74. The molecule has 0 fully saturated rings. The van der Waals surface area contributed by atoms with E-state index in [-0.39, 0.29) is 11.6 Å². The van der Waals surface area contributed by atoms with Crippen LogP contribution in [0.2, 0.25) is 0 Å². The van der Waals surface area contributed by atoms with Crippen LogP contribution in [0.3, 0.4) is 0 Å². The summed E-state index contributed by atoms with van der Waals surface area (Å²) in [5, 5.41) is 13.2. The summed E-state index contributed by atoms with van der Waals surface area (Å²) in [5.74, 6) is 0.339. The van der Waals surface area contributed by atoms with Crippen molar-refractivity contribution in [3.8, 4) is 5.75 Å². The maximum absolute atomic E-state index is 12.0. The number of hydrogen-bond donors (Lipinski definition) is 1. The molecular formula is C17H15BrN2O4. The number of nitro groups is 1. The maximum Gasteiger partial charge on any atom is 0.269 e. The van der Waals surface area contributed by atoms with Crippen LogP contribution in [0.1, 0.15) is 12.5 Å². The zero-order valence-electron chi connectivity index (χ0n) is 12.9. The van der Waals surface area contributed by atoms with Gasteiger partial charge in [0.1, 0.15) is 5.75 Å². The number of halogens is 1. The van der Waals surface area contributed by atoms with E-state index >= 15 is 0 Å². The summed E-state index contributed by atoms with van der Waals surface area (Å²) in [6.45, 7) is 2.41. The van der Waals surface area contributed by atoms with E-state index in [0.29, 0.717) is 18.0 Å². The Morgan fingerprint density at radius 1 is 1.29 bits per heavy atom. The monoisotopic (exact) mass is 390 g/mol. The van der Waals surface area contributed by atoms with Gasteiger partial charge in [-0.15, -0.1) is 0 Å². The maximum atomic E-state index is 12.0. The molecule has 0 saturated heterocycles. The molecule has 1 N–H and O–H groups in total. The van der Waals surface area contributed by atoms with Gasteiger partial charge in [-0.25, -0.2) is 0 Å². The van der Waals surface area contributed by atoms with Crippen molar-refractivity contribution >= 4 is 39.3 Å². The van der Waals surface area contributed by atoms with Crippen LogP contribution in [-0.2, 0) is 4.79 Å². The first-order valence-electron chi connectivity index (χ1n) is 7.15. The highest BCUT2D eigenvalue weighted by atomic mass is 79.9. The lowest BCUT2D eigenvalue weighted by atomic mass is 10.2. The number of non-ortho nitro benzene ring substituents is 1. The molecule has 0 spiro atoms. The van der Waals surface area contributed by atoms with Crippen LogP contribution in [0.4, 0.5) is 11.4 Å². The SMILES string of the molecule is CCOc1ccc(Br)cc1/C=C/C(=O)Nc1ccc([N+](=O)[O-])cc1. The summed E-state index contributed by atoms with van der Waals surface area (Å²) < 4.78 is 6.39. The van der Waals surface area contributed by atoms with Crippen molar-refractivity contribution in [1.29, 1.82) is 0 Å². The van der Waals surface area contributed by atoms with E-state index in [1.807, 2.05) is 25.1 Å². The number of rotatable bonds is 6. The van der Waals surface area contributed by atoms with E-state index in [1.54, 1.807) is 6.08 Å². The second kappa shape index (κ2) is 8.26. The number of nitro benzene ring substituents is 1. The lowest BCUT2D eigenvalue weighted by Crippen LogP contribution is -2.07. The van der Waals surface area contributed by atoms with Gasteiger partial charge in [0.2, 0.25) is 5.91 Å². The van der Waals surface area contributed by atoms with Crippen molar-refractivity contribution in [2.75, 3.05) is 11.9 Å². The smallest absolute Gasteiger partial charge is 0.269 e. The number of hydrogen-bond acceptors (Lipinski definition) is 4. The van der Waals surface area contributed by atoms with Crippen LogP contribution in [0.5, 0.6) is 5.75 Å². The molecular weight excluding hydrogens is 376 g/mol. The Labute approximate surface area is 147 Å². The molecule has 0 unspecified atom stereocenters. The van der Waals surface area contributed by atoms with Crippen molar-refractivity contribution < 1.29 is 14.5 Å². The Kier molecular flexibility index (Phi) is 6.08. The van der Waals surface area contributed by atoms with E-state index in [2.05, 4.69) is 21.2 Å². The van der Waals surface area contributed by atoms with Gasteiger partial charge >= 0.3 is 0 Å². The van der Waals surface area contributed by atoms with Crippen molar-refractivity contribution in [2.45, 2.75) is 6.92 Å². The third kappa shape index (κ3) is 4.92. The highest BCUT2D eigenvalue weighted by Crippen LogP contribution is 2.24. The fraction of sp³-hybridized carbons (Fsp3) is 0.118. The fourth-order valence-electron chi connectivity index (χ4n) is 1.95. The van der Waals surface area contributed by atoms with Gasteiger partial charge < -0.3 is 10.1 Å². The van der Waals surface area contributed by atoms with Gasteiger partial charge in [0, 0.05) is 33.9 Å². The summed E-state index contributed by atoms with van der Waals surface area (Å²) in [5.41, 5.74) is 1.22. The van der Waals surface area contributed by atoms with Gasteiger partial charge in [0.25, 0.3) is 5.69 Å². The van der Waals surface area contributed by atoms with Crippen LogP contribution >= 0.6 is 15.9 Å². The first-order chi connectivity index (χ1) is 11.5. The van der Waals surface area contributed by atoms with Crippen molar-refractivity contribution in [3.63, 3.8) is 0 Å². The summed E-state index contributed by atoms with van der Waals surface area (Å²) in [6.07, 6.45) is 3.03. The average Bonchev–Trinajstić information content (AvgIpc) is 2.55. The molecule has 0 atom stereocenters. The van der Waals surface area contributed by atoms with Gasteiger partial charge in [-0.2, -0.15) is 0 Å². The molecule has 6 nitrogen and oxygen atoms in total. The van der Waals surface area contributed by atoms with Gasteiger partial charge in [0.15, 0.2) is 0 Å². The topological polar surface area (TPSA) is 81.5 Å². The minimum atomic E-state index is -0.492. The molecule has 0 heterocycles. The predicted octanol–water partition coefficient (Wildman–Crippen LogP) is 4.41. The van der Waals surface area contributed by atoms with Crippen LogP contribution in [-0.4, -0.2) is 17.4 Å². The van der Waals surface area contributed by atoms with Gasteiger partial charge in [-0.3, -0.25) is 14.9 Å². The average molecular weight is 391 g/mol. The summed E-state index contributed by atoms with van der Waals surface area (Å²) >= 11 is 3.38. The summed E-state index contributed by atoms with van der Waals surface area (Å²) in [4.78, 5) is 22.1. The zero-order chi connectivity index (χ0) is 17.5. The van der Waals surface area contributed by atoms with Crippen LogP contribution in [0.25, 0.3) is 6.08 Å². The highest BCUT2D eigenvalue weighted by molar-refractivity contribution is 9.10. The number of benzene rings is 2. The van der Waals surface area contributed by atoms with Crippen LogP contribution < -0.4 is 10.1 Å². The van der Waals surface area contributed by atoms with Crippen molar-refractivity contribution in [2.24, 2.45) is 0 Å². The Balaban J connectivity index is 2.07. The first-order valence-corrected chi connectivity index (χ1v) is 7.94. The number of carbonyl (C=O) groups excluding carboxylic acids is 1. The molecule has 24 heavy (non-hydrogen) atoms. The second-order valence-corrected chi connectivity index (χ2v) is 5.66. The number of nitrogens with zero attached hydrogens (tertiary/aromatic N) is 1. The van der Waals surface area contributed by atoms with E-state index in [9.17, 15) is 14.9 Å². The number of carbonyl (C=O) groups is 1. The Hall–Kier alpha value is -2.67. The standard InChI is InChI=1S/C17H15BrN2O4/c1-2-24-16-9-4-13(18)11-12(16)3-10-17(21)19-14-5-7-15(8-6-14)20(22)23/h3-11H,2H2,1H3,(H,19,21)/b10-3+. The predicted molar refractivity (Wildman–Crippen MR) is 96.1 cm³/mol. The van der Waals surface area contributed by atoms with Crippen LogP contribution in [0, 0.1) is 10.1 Å². The molecule has 0 saturated carbocycles. The van der Waals surface area contributed by atoms with Crippen molar-refractivity contribution in [1.82, 2.24) is 0 Å². The molecule has 0 aliphatic rings. The summed E-state index contributed by atoms with van der Waals surface area (Å²) in [7, 11) is 0. The quantitative estimate of drug-likeness (QED) is 0.449. The van der Waals surface area contributed by atoms with Gasteiger partial charge in [-0.1, -0.05) is 15.9 Å². The molecule has 0 aromatic heterocycles. The van der Waals surface area contributed by atoms with E-state index in [1.165, 1.54) is 30.3 Å². The zero-order valence-corrected chi connectivity index (χ0v) is 14.4. The third-order valence-electron chi connectivity index (χ3n) is 3.03. The Bertz CT molecular complexity index is 773. The molecule has 2 aromatic carbocycles. The molecule has 0 aliphatic carbocycles. The third-order valence-corrected chi connectivity index (χ3v) is 3.52. The largest absolute Gasteiger partial charge is 0.493 e. The van der Waals surface area contributed by atoms with Gasteiger partial charge in [-0.05, 0) is 43.3 Å². The van der Waals surface area contributed by atoms with Crippen molar-refractivity contribution in [3.05, 3.63) is 68.7 Å². The molecule has 1 amide bonds. The minimum absolute atomic E-state index is 0.0287. The number of ether oxygens (including phenoxy) is 1. The number of amides is 1. The highest BCUT2D eigenvalue weighted by Gasteiger charge is 2.06. The van der Waals surface area contributed by atoms with Gasteiger partial charge in [0.05, 0.1) is 11.5 Å². The van der Waals surface area contributed by atoms with E-state index < -0.39 is 4.92 Å². The molecule has 2 aromatic rings. The molecule has 7 heteroatoms. The number of anilines is 1. The fourth-order valence-corrected chi connectivity index (χ4v) is 2.33. The molecule has 124 valence electrons. The van der Waals surface area contributed by atoms with Crippen LogP contribution in [0.15, 0.2) is 53.0 Å². The minimum Gasteiger partial charge on any atom is -0.493 e. The first kappa shape index (κ1) is 17.7. The van der Waals surface area contributed by atoms with E-state index in [4.69, 9.17) is 4.74 Å². The molecule has 0 aliphatic heterocycles. The molecule has 0 bridgehead atoms. The number of nitrogens with one attached hydrogen (secondary N) is 1. The Morgan fingerprint density at radius 2 is 2.00 bits per heavy atom. The summed E-state index contributed by atoms with van der Waals surface area (Å²) in [6, 6.07) is 11.2. The lowest BCUT2D eigenvalue weighted by molar-refractivity contribution is -0.384. The molecule has 0 radical (unpaired) electrons. The lowest BCUT2D eigenvalue weighted by Gasteiger charge is -2.07. The van der Waals surface area contributed by atoms with E-state index in [0.717, 1.165) is 10.0 Å². The Morgan fingerprint density at radius 3 is 2.62 bits per heavy atom.